The van der Waals surface area contributed by atoms with E-state index in [1.54, 1.807) is 0 Å². The Bertz CT molecular complexity index is 352. The standard InChI is InChI=1S/C13H18Cl2O.ClH/c1-5-7-10-8(3)11(14)9(4)12(15)13(10)16-6-2;/h5-7H2,1-4H3;1H. The highest BCUT2D eigenvalue weighted by atomic mass is 35.5. The van der Waals surface area contributed by atoms with Crippen LogP contribution in [0.1, 0.15) is 37.0 Å². The molecule has 0 aliphatic heterocycles. The summed E-state index contributed by atoms with van der Waals surface area (Å²) in [5, 5.41) is 1.41. The molecular weight excluding hydrogens is 279 g/mol. The van der Waals surface area contributed by atoms with Gasteiger partial charge in [0.25, 0.3) is 0 Å². The van der Waals surface area contributed by atoms with E-state index in [0.717, 1.165) is 40.3 Å². The highest BCUT2D eigenvalue weighted by Gasteiger charge is 2.17. The first kappa shape index (κ1) is 16.9. The maximum absolute atomic E-state index is 6.28. The average molecular weight is 298 g/mol. The molecule has 0 bridgehead atoms. The van der Waals surface area contributed by atoms with Gasteiger partial charge in [-0.1, -0.05) is 36.5 Å². The number of halogens is 3. The largest absolute Gasteiger partial charge is 0.492 e. The molecule has 0 atom stereocenters. The van der Waals surface area contributed by atoms with Gasteiger partial charge >= 0.3 is 0 Å². The minimum Gasteiger partial charge on any atom is -0.492 e. The molecule has 0 unspecified atom stereocenters. The fraction of sp³-hybridized carbons (Fsp3) is 0.538. The van der Waals surface area contributed by atoms with Crippen molar-refractivity contribution in [2.75, 3.05) is 6.61 Å². The normalized spacial score (nSPS) is 10.0. The number of ether oxygens (including phenoxy) is 1. The molecule has 17 heavy (non-hydrogen) atoms. The van der Waals surface area contributed by atoms with E-state index >= 15 is 0 Å². The van der Waals surface area contributed by atoms with Crippen LogP contribution in [0.15, 0.2) is 0 Å². The predicted octanol–water partition coefficient (Wildman–Crippen LogP) is 5.38. The minimum atomic E-state index is 0. The molecule has 1 nitrogen and oxygen atoms in total. The second kappa shape index (κ2) is 7.35. The van der Waals surface area contributed by atoms with Crippen LogP contribution in [0.2, 0.25) is 10.0 Å². The summed E-state index contributed by atoms with van der Waals surface area (Å²) in [6, 6.07) is 0. The van der Waals surface area contributed by atoms with E-state index in [1.165, 1.54) is 0 Å². The topological polar surface area (TPSA) is 9.23 Å². The van der Waals surface area contributed by atoms with Gasteiger partial charge in [-0.05, 0) is 38.3 Å². The van der Waals surface area contributed by atoms with E-state index in [9.17, 15) is 0 Å². The van der Waals surface area contributed by atoms with Gasteiger partial charge in [0, 0.05) is 10.6 Å². The zero-order valence-corrected chi connectivity index (χ0v) is 13.0. The minimum absolute atomic E-state index is 0. The molecule has 0 heterocycles. The first-order chi connectivity index (χ1) is 7.54. The Balaban J connectivity index is 0.00000256. The molecule has 0 fully saturated rings. The third-order valence-electron chi connectivity index (χ3n) is 2.70. The van der Waals surface area contributed by atoms with Crippen LogP contribution in [-0.4, -0.2) is 6.61 Å². The van der Waals surface area contributed by atoms with Crippen molar-refractivity contribution < 1.29 is 4.74 Å². The van der Waals surface area contributed by atoms with Crippen molar-refractivity contribution in [3.05, 3.63) is 26.7 Å². The summed E-state index contributed by atoms with van der Waals surface area (Å²) in [5.74, 6) is 0.811. The van der Waals surface area contributed by atoms with Crippen molar-refractivity contribution in [3.63, 3.8) is 0 Å². The summed E-state index contributed by atoms with van der Waals surface area (Å²) in [6.07, 6.45) is 2.00. The van der Waals surface area contributed by atoms with Gasteiger partial charge in [-0.2, -0.15) is 0 Å². The summed E-state index contributed by atoms with van der Waals surface area (Å²) in [6.45, 7) is 8.67. The number of hydrogen-bond donors (Lipinski definition) is 0. The Labute approximate surface area is 120 Å². The van der Waals surface area contributed by atoms with Gasteiger partial charge < -0.3 is 4.74 Å². The maximum Gasteiger partial charge on any atom is 0.141 e. The maximum atomic E-state index is 6.28. The molecule has 0 saturated carbocycles. The van der Waals surface area contributed by atoms with Gasteiger partial charge in [0.05, 0.1) is 11.6 Å². The lowest BCUT2D eigenvalue weighted by Crippen LogP contribution is -2.02. The highest BCUT2D eigenvalue weighted by molar-refractivity contribution is 6.37. The first-order valence-electron chi connectivity index (χ1n) is 5.64. The molecule has 1 rings (SSSR count). The van der Waals surface area contributed by atoms with E-state index in [0.29, 0.717) is 11.6 Å². The van der Waals surface area contributed by atoms with Crippen LogP contribution < -0.4 is 4.74 Å². The summed E-state index contributed by atoms with van der Waals surface area (Å²) >= 11 is 12.5. The van der Waals surface area contributed by atoms with E-state index < -0.39 is 0 Å². The SMILES string of the molecule is CCCc1c(C)c(Cl)c(C)c(Cl)c1OCC.Cl. The van der Waals surface area contributed by atoms with Crippen LogP contribution in [0, 0.1) is 13.8 Å². The Hall–Kier alpha value is -0.110. The molecule has 4 heteroatoms. The number of rotatable bonds is 4. The summed E-state index contributed by atoms with van der Waals surface area (Å²) in [5.41, 5.74) is 3.14. The van der Waals surface area contributed by atoms with Crippen LogP contribution in [0.3, 0.4) is 0 Å². The van der Waals surface area contributed by atoms with Gasteiger partial charge in [-0.3, -0.25) is 0 Å². The fourth-order valence-electron chi connectivity index (χ4n) is 1.83. The zero-order chi connectivity index (χ0) is 12.3. The summed E-state index contributed by atoms with van der Waals surface area (Å²) in [7, 11) is 0. The monoisotopic (exact) mass is 296 g/mol. The quantitative estimate of drug-likeness (QED) is 0.724. The van der Waals surface area contributed by atoms with Crippen molar-refractivity contribution >= 4 is 35.6 Å². The highest BCUT2D eigenvalue weighted by Crippen LogP contribution is 2.40. The molecule has 0 aromatic heterocycles. The molecule has 0 saturated heterocycles. The Morgan fingerprint density at radius 3 is 2.06 bits per heavy atom. The number of benzene rings is 1. The van der Waals surface area contributed by atoms with Gasteiger partial charge in [0.15, 0.2) is 0 Å². The van der Waals surface area contributed by atoms with Gasteiger partial charge in [0.1, 0.15) is 5.75 Å². The molecule has 0 radical (unpaired) electrons. The molecule has 1 aromatic rings. The lowest BCUT2D eigenvalue weighted by molar-refractivity contribution is 0.336. The van der Waals surface area contributed by atoms with Crippen molar-refractivity contribution in [2.45, 2.75) is 40.5 Å². The molecule has 0 N–H and O–H groups in total. The van der Waals surface area contributed by atoms with Crippen molar-refractivity contribution in [3.8, 4) is 5.75 Å². The Kier molecular flexibility index (Phi) is 7.30. The van der Waals surface area contributed by atoms with E-state index in [4.69, 9.17) is 27.9 Å². The van der Waals surface area contributed by atoms with Crippen LogP contribution in [0.4, 0.5) is 0 Å². The third-order valence-corrected chi connectivity index (χ3v) is 3.72. The molecule has 1 aromatic carbocycles. The predicted molar refractivity (Wildman–Crippen MR) is 78.3 cm³/mol. The van der Waals surface area contributed by atoms with E-state index in [2.05, 4.69) is 6.92 Å². The Morgan fingerprint density at radius 2 is 1.59 bits per heavy atom. The second-order valence-corrected chi connectivity index (χ2v) is 4.62. The number of hydrogen-bond acceptors (Lipinski definition) is 1. The summed E-state index contributed by atoms with van der Waals surface area (Å²) in [4.78, 5) is 0. The van der Waals surface area contributed by atoms with E-state index in [1.807, 2.05) is 20.8 Å². The van der Waals surface area contributed by atoms with E-state index in [-0.39, 0.29) is 12.4 Å². The van der Waals surface area contributed by atoms with Gasteiger partial charge in [-0.15, -0.1) is 12.4 Å². The first-order valence-corrected chi connectivity index (χ1v) is 6.39. The zero-order valence-electron chi connectivity index (χ0n) is 10.7. The molecule has 98 valence electrons. The third kappa shape index (κ3) is 3.43. The lowest BCUT2D eigenvalue weighted by Gasteiger charge is -2.18. The Morgan fingerprint density at radius 1 is 1.00 bits per heavy atom. The van der Waals surface area contributed by atoms with Crippen LogP contribution >= 0.6 is 35.6 Å². The fourth-order valence-corrected chi connectivity index (χ4v) is 2.35. The molecule has 0 amide bonds. The van der Waals surface area contributed by atoms with Crippen LogP contribution in [0.25, 0.3) is 0 Å². The van der Waals surface area contributed by atoms with Crippen molar-refractivity contribution in [1.29, 1.82) is 0 Å². The van der Waals surface area contributed by atoms with Gasteiger partial charge in [0.2, 0.25) is 0 Å². The van der Waals surface area contributed by atoms with Crippen molar-refractivity contribution in [2.24, 2.45) is 0 Å². The molecule has 0 aliphatic rings. The average Bonchev–Trinajstić information content (AvgIpc) is 2.28. The van der Waals surface area contributed by atoms with Crippen LogP contribution in [0.5, 0.6) is 5.75 Å². The van der Waals surface area contributed by atoms with Gasteiger partial charge in [-0.25, -0.2) is 0 Å². The molecule has 0 spiro atoms. The van der Waals surface area contributed by atoms with Crippen LogP contribution in [-0.2, 0) is 6.42 Å². The second-order valence-electron chi connectivity index (χ2n) is 3.87. The summed E-state index contributed by atoms with van der Waals surface area (Å²) < 4.78 is 5.65. The van der Waals surface area contributed by atoms with Crippen molar-refractivity contribution in [1.82, 2.24) is 0 Å². The lowest BCUT2D eigenvalue weighted by atomic mass is 10.00. The molecule has 0 aliphatic carbocycles. The molecular formula is C13H19Cl3O. The smallest absolute Gasteiger partial charge is 0.141 e.